The summed E-state index contributed by atoms with van der Waals surface area (Å²) in [5.41, 5.74) is 0.0670. The van der Waals surface area contributed by atoms with Gasteiger partial charge in [0.05, 0.1) is 20.8 Å². The minimum absolute atomic E-state index is 0.0593. The number of ketones is 1. The minimum Gasteiger partial charge on any atom is -0.507 e. The normalized spacial score (nSPS) is 9.94. The van der Waals surface area contributed by atoms with E-state index in [1.165, 1.54) is 26.4 Å². The Kier molecular flexibility index (Phi) is 4.13. The van der Waals surface area contributed by atoms with Crippen LogP contribution in [0.15, 0.2) is 12.1 Å². The molecule has 5 nitrogen and oxygen atoms in total. The van der Waals surface area contributed by atoms with Gasteiger partial charge in [-0.05, 0) is 0 Å². The molecule has 88 valence electrons. The molecule has 0 amide bonds. The summed E-state index contributed by atoms with van der Waals surface area (Å²) in [5.74, 6) is 0.0411. The van der Waals surface area contributed by atoms with Gasteiger partial charge in [-0.25, -0.2) is 0 Å². The molecule has 0 heterocycles. The number of aliphatic hydroxyl groups excluding tert-OH is 1. The van der Waals surface area contributed by atoms with E-state index in [9.17, 15) is 9.90 Å². The fourth-order valence-electron chi connectivity index (χ4n) is 1.36. The van der Waals surface area contributed by atoms with Crippen molar-refractivity contribution in [3.05, 3.63) is 17.7 Å². The van der Waals surface area contributed by atoms with Crippen LogP contribution in [0.3, 0.4) is 0 Å². The van der Waals surface area contributed by atoms with E-state index in [4.69, 9.17) is 14.6 Å². The van der Waals surface area contributed by atoms with Crippen molar-refractivity contribution in [1.29, 1.82) is 0 Å². The highest BCUT2D eigenvalue weighted by atomic mass is 16.5. The Bertz CT molecular complexity index is 386. The van der Waals surface area contributed by atoms with Crippen molar-refractivity contribution >= 4 is 5.78 Å². The second kappa shape index (κ2) is 5.37. The summed E-state index contributed by atoms with van der Waals surface area (Å²) in [4.78, 5) is 11.6. The van der Waals surface area contributed by atoms with Gasteiger partial charge in [-0.3, -0.25) is 4.79 Å². The third kappa shape index (κ3) is 2.43. The molecular formula is C11H14O5. The zero-order valence-corrected chi connectivity index (χ0v) is 9.19. The SMILES string of the molecule is COc1cc(O)c(C(=O)CCO)c(OC)c1. The lowest BCUT2D eigenvalue weighted by molar-refractivity contribution is 0.0951. The maximum Gasteiger partial charge on any atom is 0.172 e. The van der Waals surface area contributed by atoms with Crippen LogP contribution in [0.25, 0.3) is 0 Å². The number of carbonyl (C=O) groups excluding carboxylic acids is 1. The maximum atomic E-state index is 11.6. The van der Waals surface area contributed by atoms with Crippen LogP contribution in [-0.2, 0) is 0 Å². The van der Waals surface area contributed by atoms with Crippen molar-refractivity contribution in [2.24, 2.45) is 0 Å². The number of aromatic hydroxyl groups is 1. The van der Waals surface area contributed by atoms with E-state index in [2.05, 4.69) is 0 Å². The van der Waals surface area contributed by atoms with Gasteiger partial charge in [-0.15, -0.1) is 0 Å². The zero-order chi connectivity index (χ0) is 12.1. The lowest BCUT2D eigenvalue weighted by Crippen LogP contribution is -2.05. The molecule has 0 unspecified atom stereocenters. The summed E-state index contributed by atoms with van der Waals surface area (Å²) < 4.78 is 9.93. The predicted octanol–water partition coefficient (Wildman–Crippen LogP) is 0.974. The first-order valence-electron chi connectivity index (χ1n) is 4.73. The number of aliphatic hydroxyl groups is 1. The third-order valence-corrected chi connectivity index (χ3v) is 2.13. The first-order valence-corrected chi connectivity index (χ1v) is 4.73. The molecule has 16 heavy (non-hydrogen) atoms. The molecule has 1 aromatic carbocycles. The quantitative estimate of drug-likeness (QED) is 0.732. The van der Waals surface area contributed by atoms with Gasteiger partial charge in [0.1, 0.15) is 22.8 Å². The smallest absolute Gasteiger partial charge is 0.172 e. The van der Waals surface area contributed by atoms with Crippen molar-refractivity contribution < 1.29 is 24.5 Å². The van der Waals surface area contributed by atoms with Crippen LogP contribution in [0.4, 0.5) is 0 Å². The molecular weight excluding hydrogens is 212 g/mol. The molecule has 0 aliphatic carbocycles. The van der Waals surface area contributed by atoms with Crippen molar-refractivity contribution in [1.82, 2.24) is 0 Å². The lowest BCUT2D eigenvalue weighted by atomic mass is 10.1. The Morgan fingerprint density at radius 3 is 2.50 bits per heavy atom. The van der Waals surface area contributed by atoms with E-state index >= 15 is 0 Å². The minimum atomic E-state index is -0.375. The summed E-state index contributed by atoms with van der Waals surface area (Å²) >= 11 is 0. The van der Waals surface area contributed by atoms with Gasteiger partial charge in [0.15, 0.2) is 5.78 Å². The summed E-state index contributed by atoms with van der Waals surface area (Å²) in [6.45, 7) is -0.270. The number of methoxy groups -OCH3 is 2. The molecule has 1 aromatic rings. The van der Waals surface area contributed by atoms with Gasteiger partial charge in [-0.1, -0.05) is 0 Å². The van der Waals surface area contributed by atoms with Crippen molar-refractivity contribution in [2.45, 2.75) is 6.42 Å². The Labute approximate surface area is 93.2 Å². The van der Waals surface area contributed by atoms with Crippen LogP contribution in [0.1, 0.15) is 16.8 Å². The second-order valence-corrected chi connectivity index (χ2v) is 3.12. The number of phenols is 1. The lowest BCUT2D eigenvalue weighted by Gasteiger charge is -2.11. The molecule has 0 atom stereocenters. The van der Waals surface area contributed by atoms with E-state index < -0.39 is 0 Å². The average molecular weight is 226 g/mol. The molecule has 0 aliphatic rings. The Balaban J connectivity index is 3.21. The number of benzene rings is 1. The topological polar surface area (TPSA) is 76.0 Å². The molecule has 1 rings (SSSR count). The molecule has 0 fully saturated rings. The molecule has 0 aromatic heterocycles. The summed E-state index contributed by atoms with van der Waals surface area (Å²) in [7, 11) is 2.84. The first-order chi connectivity index (χ1) is 7.63. The van der Waals surface area contributed by atoms with Gasteiger partial charge in [0.25, 0.3) is 0 Å². The summed E-state index contributed by atoms with van der Waals surface area (Å²) in [5, 5.41) is 18.4. The van der Waals surface area contributed by atoms with E-state index in [0.29, 0.717) is 5.75 Å². The first kappa shape index (κ1) is 12.3. The number of rotatable bonds is 5. The van der Waals surface area contributed by atoms with Crippen molar-refractivity contribution in [3.8, 4) is 17.2 Å². The molecule has 0 bridgehead atoms. The van der Waals surface area contributed by atoms with E-state index in [-0.39, 0.29) is 35.9 Å². The number of ether oxygens (including phenoxy) is 2. The number of carbonyl (C=O) groups is 1. The van der Waals surface area contributed by atoms with Gasteiger partial charge >= 0.3 is 0 Å². The highest BCUT2D eigenvalue weighted by Gasteiger charge is 2.18. The Morgan fingerprint density at radius 2 is 2.00 bits per heavy atom. The van der Waals surface area contributed by atoms with Gasteiger partial charge in [-0.2, -0.15) is 0 Å². The van der Waals surface area contributed by atoms with Crippen LogP contribution < -0.4 is 9.47 Å². The van der Waals surface area contributed by atoms with Gasteiger partial charge < -0.3 is 19.7 Å². The largest absolute Gasteiger partial charge is 0.507 e. The number of phenolic OH excluding ortho intramolecular Hbond substituents is 1. The molecule has 0 saturated carbocycles. The predicted molar refractivity (Wildman–Crippen MR) is 57.2 cm³/mol. The van der Waals surface area contributed by atoms with Crippen LogP contribution >= 0.6 is 0 Å². The highest BCUT2D eigenvalue weighted by Crippen LogP contribution is 2.33. The average Bonchev–Trinajstić information content (AvgIpc) is 2.27. The van der Waals surface area contributed by atoms with Crippen molar-refractivity contribution in [3.63, 3.8) is 0 Å². The van der Waals surface area contributed by atoms with Crippen LogP contribution in [0.5, 0.6) is 17.2 Å². The molecule has 0 spiro atoms. The van der Waals surface area contributed by atoms with E-state index in [0.717, 1.165) is 0 Å². The number of hydrogen-bond acceptors (Lipinski definition) is 5. The molecule has 2 N–H and O–H groups in total. The molecule has 0 saturated heterocycles. The Morgan fingerprint density at radius 1 is 1.31 bits per heavy atom. The van der Waals surface area contributed by atoms with Crippen LogP contribution in [0, 0.1) is 0 Å². The summed E-state index contributed by atoms with van der Waals surface area (Å²) in [6, 6.07) is 2.83. The monoisotopic (exact) mass is 226 g/mol. The fraction of sp³-hybridized carbons (Fsp3) is 0.364. The van der Waals surface area contributed by atoms with Crippen LogP contribution in [0.2, 0.25) is 0 Å². The van der Waals surface area contributed by atoms with Crippen molar-refractivity contribution in [2.75, 3.05) is 20.8 Å². The molecule has 0 aliphatic heterocycles. The number of Topliss-reactive ketones (excluding diaryl/α,β-unsaturated/α-hetero) is 1. The number of hydrogen-bond donors (Lipinski definition) is 2. The second-order valence-electron chi connectivity index (χ2n) is 3.12. The Hall–Kier alpha value is -1.75. The third-order valence-electron chi connectivity index (χ3n) is 2.13. The van der Waals surface area contributed by atoms with Gasteiger partial charge in [0.2, 0.25) is 0 Å². The van der Waals surface area contributed by atoms with E-state index in [1.54, 1.807) is 0 Å². The maximum absolute atomic E-state index is 11.6. The van der Waals surface area contributed by atoms with Crippen LogP contribution in [-0.4, -0.2) is 36.8 Å². The van der Waals surface area contributed by atoms with Gasteiger partial charge in [0, 0.05) is 18.6 Å². The molecule has 5 heteroatoms. The molecule has 0 radical (unpaired) electrons. The highest BCUT2D eigenvalue weighted by molar-refractivity contribution is 6.01. The standard InChI is InChI=1S/C11H14O5/c1-15-7-5-9(14)11(8(13)3-4-12)10(6-7)16-2/h5-6,12,14H,3-4H2,1-2H3. The zero-order valence-electron chi connectivity index (χ0n) is 9.19. The fourth-order valence-corrected chi connectivity index (χ4v) is 1.36. The summed E-state index contributed by atoms with van der Waals surface area (Å²) in [6.07, 6.45) is -0.0593. The van der Waals surface area contributed by atoms with E-state index in [1.807, 2.05) is 0 Å².